The van der Waals surface area contributed by atoms with Crippen LogP contribution in [0.5, 0.6) is 11.5 Å². The molecule has 0 unspecified atom stereocenters. The van der Waals surface area contributed by atoms with E-state index in [-0.39, 0.29) is 11.9 Å². The summed E-state index contributed by atoms with van der Waals surface area (Å²) >= 11 is 0. The van der Waals surface area contributed by atoms with Gasteiger partial charge in [-0.3, -0.25) is 9.59 Å². The summed E-state index contributed by atoms with van der Waals surface area (Å²) < 4.78 is 11.3. The van der Waals surface area contributed by atoms with Crippen LogP contribution in [0.25, 0.3) is 0 Å². The van der Waals surface area contributed by atoms with Gasteiger partial charge in [0.05, 0.1) is 0 Å². The van der Waals surface area contributed by atoms with Crippen LogP contribution in [0, 0.1) is 0 Å². The van der Waals surface area contributed by atoms with Crippen LogP contribution in [0.4, 0.5) is 0 Å². The van der Waals surface area contributed by atoms with Crippen LogP contribution < -0.4 is 9.47 Å². The van der Waals surface area contributed by atoms with Crippen molar-refractivity contribution in [1.29, 1.82) is 0 Å². The molecular formula is C29H48O4. The number of benzene rings is 1. The van der Waals surface area contributed by atoms with Crippen LogP contribution in [0.15, 0.2) is 18.2 Å². The van der Waals surface area contributed by atoms with Gasteiger partial charge < -0.3 is 9.47 Å². The van der Waals surface area contributed by atoms with Crippen molar-refractivity contribution in [2.24, 2.45) is 0 Å². The molecule has 0 bridgehead atoms. The topological polar surface area (TPSA) is 52.6 Å². The van der Waals surface area contributed by atoms with Gasteiger partial charge in [0.1, 0.15) is 0 Å². The third-order valence-electron chi connectivity index (χ3n) is 5.99. The van der Waals surface area contributed by atoms with E-state index in [2.05, 4.69) is 20.8 Å². The molecule has 0 saturated heterocycles. The van der Waals surface area contributed by atoms with Gasteiger partial charge in [-0.1, -0.05) is 104 Å². The lowest BCUT2D eigenvalue weighted by Gasteiger charge is -2.13. The Labute approximate surface area is 202 Å². The molecule has 188 valence electrons. The average Bonchev–Trinajstić information content (AvgIpc) is 2.80. The fraction of sp³-hybridized carbons (Fsp3) is 0.724. The average molecular weight is 461 g/mol. The van der Waals surface area contributed by atoms with Crippen molar-refractivity contribution in [1.82, 2.24) is 0 Å². The molecular weight excluding hydrogens is 412 g/mol. The number of esters is 2. The van der Waals surface area contributed by atoms with Crippen molar-refractivity contribution in [2.45, 2.75) is 136 Å². The van der Waals surface area contributed by atoms with Gasteiger partial charge in [0, 0.05) is 12.8 Å². The van der Waals surface area contributed by atoms with E-state index in [1.807, 2.05) is 12.1 Å². The number of rotatable bonds is 20. The Balaban J connectivity index is 2.66. The molecule has 1 aromatic rings. The quantitative estimate of drug-likeness (QED) is 0.111. The Morgan fingerprint density at radius 2 is 1.03 bits per heavy atom. The van der Waals surface area contributed by atoms with Gasteiger partial charge in [-0.25, -0.2) is 0 Å². The maximum Gasteiger partial charge on any atom is 0.311 e. The summed E-state index contributed by atoms with van der Waals surface area (Å²) in [4.78, 5) is 24.7. The minimum atomic E-state index is -0.258. The van der Waals surface area contributed by atoms with E-state index in [4.69, 9.17) is 9.47 Å². The molecule has 0 heterocycles. The van der Waals surface area contributed by atoms with Gasteiger partial charge in [-0.2, -0.15) is 0 Å². The zero-order valence-corrected chi connectivity index (χ0v) is 21.6. The summed E-state index contributed by atoms with van der Waals surface area (Å²) in [5.74, 6) is 0.240. The second-order valence-electron chi connectivity index (χ2n) is 9.22. The molecule has 0 aliphatic carbocycles. The Morgan fingerprint density at radius 1 is 0.576 bits per heavy atom. The van der Waals surface area contributed by atoms with E-state index in [1.54, 1.807) is 6.07 Å². The maximum absolute atomic E-state index is 12.4. The van der Waals surface area contributed by atoms with Crippen molar-refractivity contribution in [3.8, 4) is 11.5 Å². The molecule has 4 nitrogen and oxygen atoms in total. The van der Waals surface area contributed by atoms with Crippen LogP contribution in [-0.2, 0) is 16.0 Å². The fourth-order valence-electron chi connectivity index (χ4n) is 3.90. The molecule has 0 atom stereocenters. The first kappa shape index (κ1) is 29.2. The zero-order chi connectivity index (χ0) is 24.2. The van der Waals surface area contributed by atoms with E-state index in [9.17, 15) is 9.59 Å². The highest BCUT2D eigenvalue weighted by molar-refractivity contribution is 5.76. The lowest BCUT2D eigenvalue weighted by molar-refractivity contribution is -0.137. The van der Waals surface area contributed by atoms with Crippen LogP contribution in [-0.4, -0.2) is 11.9 Å². The van der Waals surface area contributed by atoms with Gasteiger partial charge in [-0.05, 0) is 43.4 Å². The summed E-state index contributed by atoms with van der Waals surface area (Å²) in [5.41, 5.74) is 1.13. The molecule has 33 heavy (non-hydrogen) atoms. The highest BCUT2D eigenvalue weighted by atomic mass is 16.6. The predicted molar refractivity (Wildman–Crippen MR) is 137 cm³/mol. The number of ether oxygens (including phenoxy) is 2. The second kappa shape index (κ2) is 19.6. The normalized spacial score (nSPS) is 10.9. The monoisotopic (exact) mass is 460 g/mol. The van der Waals surface area contributed by atoms with Gasteiger partial charge in [0.15, 0.2) is 11.5 Å². The Hall–Kier alpha value is -1.84. The lowest BCUT2D eigenvalue weighted by atomic mass is 10.0. The van der Waals surface area contributed by atoms with Crippen LogP contribution >= 0.6 is 0 Å². The molecule has 0 radical (unpaired) electrons. The summed E-state index contributed by atoms with van der Waals surface area (Å²) in [7, 11) is 0. The van der Waals surface area contributed by atoms with E-state index in [1.165, 1.54) is 38.5 Å². The van der Waals surface area contributed by atoms with Gasteiger partial charge in [0.2, 0.25) is 0 Å². The number of carbonyl (C=O) groups is 2. The van der Waals surface area contributed by atoms with Gasteiger partial charge >= 0.3 is 11.9 Å². The van der Waals surface area contributed by atoms with E-state index < -0.39 is 0 Å². The van der Waals surface area contributed by atoms with Crippen molar-refractivity contribution in [2.75, 3.05) is 0 Å². The minimum Gasteiger partial charge on any atom is -0.423 e. The largest absolute Gasteiger partial charge is 0.423 e. The molecule has 0 aromatic heterocycles. The highest BCUT2D eigenvalue weighted by Gasteiger charge is 2.15. The molecule has 1 aromatic carbocycles. The number of unbranched alkanes of at least 4 members (excludes halogenated alkanes) is 12. The summed E-state index contributed by atoms with van der Waals surface area (Å²) in [5, 5.41) is 0. The first-order chi connectivity index (χ1) is 16.1. The zero-order valence-electron chi connectivity index (χ0n) is 21.6. The van der Waals surface area contributed by atoms with Crippen LogP contribution in [0.3, 0.4) is 0 Å². The van der Waals surface area contributed by atoms with Crippen molar-refractivity contribution < 1.29 is 19.1 Å². The SMILES string of the molecule is CCCCCCCCCc1ccc(OC(=O)CCCCCC)c(OC(=O)CCCCCC)c1. The molecule has 0 aliphatic rings. The molecule has 0 N–H and O–H groups in total. The summed E-state index contributed by atoms with van der Waals surface area (Å²) in [6.07, 6.45) is 18.8. The molecule has 0 aliphatic heterocycles. The third kappa shape index (κ3) is 14.8. The van der Waals surface area contributed by atoms with Crippen LogP contribution in [0.1, 0.15) is 135 Å². The van der Waals surface area contributed by atoms with Gasteiger partial charge in [0.25, 0.3) is 0 Å². The van der Waals surface area contributed by atoms with Crippen LogP contribution in [0.2, 0.25) is 0 Å². The summed E-state index contributed by atoms with van der Waals surface area (Å²) in [6, 6.07) is 5.68. The van der Waals surface area contributed by atoms with E-state index in [0.717, 1.165) is 69.8 Å². The first-order valence-electron chi connectivity index (χ1n) is 13.6. The lowest BCUT2D eigenvalue weighted by Crippen LogP contribution is -2.12. The Morgan fingerprint density at radius 3 is 1.58 bits per heavy atom. The summed E-state index contributed by atoms with van der Waals surface area (Å²) in [6.45, 7) is 6.54. The number of hydrogen-bond donors (Lipinski definition) is 0. The second-order valence-corrected chi connectivity index (χ2v) is 9.22. The minimum absolute atomic E-state index is 0.251. The smallest absolute Gasteiger partial charge is 0.311 e. The Bertz CT molecular complexity index is 653. The van der Waals surface area contributed by atoms with Crippen molar-refractivity contribution >= 4 is 11.9 Å². The third-order valence-corrected chi connectivity index (χ3v) is 5.99. The standard InChI is InChI=1S/C29H48O4/c1-4-7-10-13-14-15-16-19-25-22-23-26(32-28(30)20-17-11-8-5-2)27(24-25)33-29(31)21-18-12-9-6-3/h22-24H,4-21H2,1-3H3. The van der Waals surface area contributed by atoms with E-state index in [0.29, 0.717) is 24.3 Å². The number of carbonyl (C=O) groups excluding carboxylic acids is 2. The van der Waals surface area contributed by atoms with Crippen molar-refractivity contribution in [3.05, 3.63) is 23.8 Å². The maximum atomic E-state index is 12.4. The molecule has 1 rings (SSSR count). The highest BCUT2D eigenvalue weighted by Crippen LogP contribution is 2.30. The predicted octanol–water partition coefficient (Wildman–Crippen LogP) is 8.73. The first-order valence-corrected chi connectivity index (χ1v) is 13.6. The molecule has 4 heteroatoms. The molecule has 0 amide bonds. The Kier molecular flexibility index (Phi) is 17.4. The fourth-order valence-corrected chi connectivity index (χ4v) is 3.90. The number of aryl methyl sites for hydroxylation is 1. The molecule has 0 saturated carbocycles. The van der Waals surface area contributed by atoms with E-state index >= 15 is 0 Å². The van der Waals surface area contributed by atoms with Crippen molar-refractivity contribution in [3.63, 3.8) is 0 Å². The number of hydrogen-bond acceptors (Lipinski definition) is 4. The molecule has 0 spiro atoms. The molecule has 0 fully saturated rings. The van der Waals surface area contributed by atoms with Gasteiger partial charge in [-0.15, -0.1) is 0 Å².